The van der Waals surface area contributed by atoms with Crippen LogP contribution in [-0.2, 0) is 4.79 Å². The quantitative estimate of drug-likeness (QED) is 0.716. The van der Waals surface area contributed by atoms with Crippen LogP contribution in [0.2, 0.25) is 0 Å². The molecule has 0 bridgehead atoms. The molecule has 2 aromatic heterocycles. The van der Waals surface area contributed by atoms with Crippen LogP contribution < -0.4 is 5.32 Å². The van der Waals surface area contributed by atoms with Crippen LogP contribution in [0.3, 0.4) is 0 Å². The Kier molecular flexibility index (Phi) is 4.90. The molecule has 0 aliphatic carbocycles. The van der Waals surface area contributed by atoms with Crippen LogP contribution in [0.5, 0.6) is 0 Å². The summed E-state index contributed by atoms with van der Waals surface area (Å²) in [4.78, 5) is 20.5. The van der Waals surface area contributed by atoms with Gasteiger partial charge < -0.3 is 9.84 Å². The predicted molar refractivity (Wildman–Crippen MR) is 92.8 cm³/mol. The zero-order valence-electron chi connectivity index (χ0n) is 13.3. The van der Waals surface area contributed by atoms with Gasteiger partial charge in [0.05, 0.1) is 16.3 Å². The van der Waals surface area contributed by atoms with Gasteiger partial charge in [-0.2, -0.15) is 4.98 Å². The fourth-order valence-electron chi connectivity index (χ4n) is 2.07. The zero-order valence-corrected chi connectivity index (χ0v) is 14.1. The fraction of sp³-hybridized carbons (Fsp3) is 0.176. The second kappa shape index (κ2) is 7.27. The summed E-state index contributed by atoms with van der Waals surface area (Å²) in [7, 11) is 0. The molecule has 7 heteroatoms. The molecule has 0 atom stereocenters. The van der Waals surface area contributed by atoms with Gasteiger partial charge in [-0.3, -0.25) is 4.79 Å². The minimum Gasteiger partial charge on any atom is -0.334 e. The average molecular weight is 340 g/mol. The number of nitrogens with zero attached hydrogens (tertiary/aromatic N) is 3. The number of nitrogens with one attached hydrogen (secondary N) is 1. The van der Waals surface area contributed by atoms with E-state index in [0.717, 1.165) is 21.8 Å². The minimum atomic E-state index is -0.0657. The Morgan fingerprint density at radius 2 is 2.12 bits per heavy atom. The van der Waals surface area contributed by atoms with Crippen LogP contribution in [0.25, 0.3) is 11.5 Å². The van der Waals surface area contributed by atoms with E-state index in [4.69, 9.17) is 4.52 Å². The number of anilines is 1. The largest absolute Gasteiger partial charge is 0.334 e. The molecule has 0 fully saturated rings. The van der Waals surface area contributed by atoms with Crippen molar-refractivity contribution >= 4 is 23.4 Å². The summed E-state index contributed by atoms with van der Waals surface area (Å²) in [5, 5.41) is 7.38. The maximum absolute atomic E-state index is 12.0. The molecule has 0 saturated carbocycles. The molecule has 2 heterocycles. The predicted octanol–water partition coefficient (Wildman–Crippen LogP) is 3.48. The lowest BCUT2D eigenvalue weighted by Crippen LogP contribution is -2.14. The van der Waals surface area contributed by atoms with Crippen LogP contribution in [0.4, 0.5) is 5.69 Å². The van der Waals surface area contributed by atoms with Crippen molar-refractivity contribution in [3.63, 3.8) is 0 Å². The number of amides is 1. The van der Waals surface area contributed by atoms with Crippen LogP contribution in [0.15, 0.2) is 52.1 Å². The highest BCUT2D eigenvalue weighted by molar-refractivity contribution is 7.99. The topological polar surface area (TPSA) is 80.9 Å². The number of thioether (sulfide) groups is 1. The molecule has 0 aliphatic heterocycles. The molecule has 1 amide bonds. The first kappa shape index (κ1) is 16.2. The van der Waals surface area contributed by atoms with Gasteiger partial charge in [-0.05, 0) is 43.7 Å². The highest BCUT2D eigenvalue weighted by Crippen LogP contribution is 2.21. The van der Waals surface area contributed by atoms with Crippen LogP contribution >= 0.6 is 11.8 Å². The molecule has 1 N–H and O–H groups in total. The second-order valence-electron chi connectivity index (χ2n) is 5.24. The lowest BCUT2D eigenvalue weighted by molar-refractivity contribution is -0.113. The van der Waals surface area contributed by atoms with E-state index in [2.05, 4.69) is 20.4 Å². The van der Waals surface area contributed by atoms with Crippen molar-refractivity contribution in [2.45, 2.75) is 18.9 Å². The standard InChI is InChI=1S/C17H16N4O2S/c1-11-4-3-5-14(8-11)20-15(22)10-24-16-7-6-13(9-18-16)17-19-12(2)21-23-17/h3-9H,10H2,1-2H3,(H,20,22). The Morgan fingerprint density at radius 3 is 2.79 bits per heavy atom. The van der Waals surface area contributed by atoms with E-state index in [0.29, 0.717) is 17.5 Å². The van der Waals surface area contributed by atoms with Crippen LogP contribution in [-0.4, -0.2) is 26.8 Å². The molecule has 6 nitrogen and oxygen atoms in total. The Labute approximate surface area is 143 Å². The van der Waals surface area contributed by atoms with E-state index >= 15 is 0 Å². The Morgan fingerprint density at radius 1 is 1.25 bits per heavy atom. The maximum Gasteiger partial charge on any atom is 0.259 e. The average Bonchev–Trinajstić information content (AvgIpc) is 3.00. The molecule has 3 aromatic rings. The fourth-order valence-corrected chi connectivity index (χ4v) is 2.71. The van der Waals surface area contributed by atoms with E-state index in [1.165, 1.54) is 11.8 Å². The summed E-state index contributed by atoms with van der Waals surface area (Å²) in [6.45, 7) is 3.75. The third-order valence-corrected chi connectivity index (χ3v) is 4.11. The summed E-state index contributed by atoms with van der Waals surface area (Å²) in [6.07, 6.45) is 1.66. The number of hydrogen-bond acceptors (Lipinski definition) is 6. The Balaban J connectivity index is 1.55. The molecular weight excluding hydrogens is 324 g/mol. The van der Waals surface area contributed by atoms with E-state index < -0.39 is 0 Å². The zero-order chi connectivity index (χ0) is 16.9. The second-order valence-corrected chi connectivity index (χ2v) is 6.23. The molecule has 0 spiro atoms. The van der Waals surface area contributed by atoms with Crippen molar-refractivity contribution in [3.8, 4) is 11.5 Å². The molecule has 1 aromatic carbocycles. The third kappa shape index (κ3) is 4.20. The number of carbonyl (C=O) groups is 1. The summed E-state index contributed by atoms with van der Waals surface area (Å²) < 4.78 is 5.09. The highest BCUT2D eigenvalue weighted by atomic mass is 32.2. The molecule has 3 rings (SSSR count). The summed E-state index contributed by atoms with van der Waals surface area (Å²) in [5.41, 5.74) is 2.66. The summed E-state index contributed by atoms with van der Waals surface area (Å²) in [5.74, 6) is 1.24. The molecule has 0 unspecified atom stereocenters. The normalized spacial score (nSPS) is 10.6. The summed E-state index contributed by atoms with van der Waals surface area (Å²) >= 11 is 1.37. The smallest absolute Gasteiger partial charge is 0.259 e. The van der Waals surface area contributed by atoms with E-state index in [-0.39, 0.29) is 5.91 Å². The lowest BCUT2D eigenvalue weighted by atomic mass is 10.2. The van der Waals surface area contributed by atoms with E-state index in [1.54, 1.807) is 13.1 Å². The van der Waals surface area contributed by atoms with Crippen molar-refractivity contribution in [2.75, 3.05) is 11.1 Å². The number of aryl methyl sites for hydroxylation is 2. The first-order valence-electron chi connectivity index (χ1n) is 7.36. The van der Waals surface area contributed by atoms with Crippen molar-refractivity contribution in [1.29, 1.82) is 0 Å². The number of carbonyl (C=O) groups excluding carboxylic acids is 1. The van der Waals surface area contributed by atoms with Gasteiger partial charge >= 0.3 is 0 Å². The van der Waals surface area contributed by atoms with Crippen LogP contribution in [0, 0.1) is 13.8 Å². The molecule has 24 heavy (non-hydrogen) atoms. The maximum atomic E-state index is 12.0. The molecule has 122 valence electrons. The Hall–Kier alpha value is -2.67. The monoisotopic (exact) mass is 340 g/mol. The van der Waals surface area contributed by atoms with E-state index in [1.807, 2.05) is 43.3 Å². The van der Waals surface area contributed by atoms with Gasteiger partial charge in [0.25, 0.3) is 5.89 Å². The van der Waals surface area contributed by atoms with Gasteiger partial charge in [0.2, 0.25) is 5.91 Å². The number of rotatable bonds is 5. The summed E-state index contributed by atoms with van der Waals surface area (Å²) in [6, 6.07) is 11.4. The highest BCUT2D eigenvalue weighted by Gasteiger charge is 2.08. The minimum absolute atomic E-state index is 0.0657. The molecule has 0 aliphatic rings. The first-order chi connectivity index (χ1) is 11.6. The van der Waals surface area contributed by atoms with Crippen molar-refractivity contribution in [2.24, 2.45) is 0 Å². The number of pyridine rings is 1. The number of benzene rings is 1. The van der Waals surface area contributed by atoms with Crippen LogP contribution in [0.1, 0.15) is 11.4 Å². The van der Waals surface area contributed by atoms with Gasteiger partial charge in [-0.1, -0.05) is 29.1 Å². The van der Waals surface area contributed by atoms with Crippen molar-refractivity contribution in [3.05, 3.63) is 54.0 Å². The number of aromatic nitrogens is 3. The van der Waals surface area contributed by atoms with Crippen molar-refractivity contribution < 1.29 is 9.32 Å². The van der Waals surface area contributed by atoms with Gasteiger partial charge in [0.15, 0.2) is 5.82 Å². The SMILES string of the molecule is Cc1cccc(NC(=O)CSc2ccc(-c3nc(C)no3)cn2)c1. The van der Waals surface area contributed by atoms with Gasteiger partial charge in [0, 0.05) is 11.9 Å². The first-order valence-corrected chi connectivity index (χ1v) is 8.35. The van der Waals surface area contributed by atoms with Gasteiger partial charge in [-0.25, -0.2) is 4.98 Å². The van der Waals surface area contributed by atoms with E-state index in [9.17, 15) is 4.79 Å². The van der Waals surface area contributed by atoms with Crippen molar-refractivity contribution in [1.82, 2.24) is 15.1 Å². The molecule has 0 saturated heterocycles. The molecular formula is C17H16N4O2S. The Bertz CT molecular complexity index is 846. The van der Waals surface area contributed by atoms with Gasteiger partial charge in [-0.15, -0.1) is 0 Å². The third-order valence-electron chi connectivity index (χ3n) is 3.16. The van der Waals surface area contributed by atoms with Gasteiger partial charge in [0.1, 0.15) is 0 Å². The molecule has 0 radical (unpaired) electrons. The lowest BCUT2D eigenvalue weighted by Gasteiger charge is -2.05. The number of hydrogen-bond donors (Lipinski definition) is 1.